The Labute approximate surface area is 138 Å². The van der Waals surface area contributed by atoms with Gasteiger partial charge >= 0.3 is 0 Å². The van der Waals surface area contributed by atoms with Crippen molar-refractivity contribution in [3.63, 3.8) is 0 Å². The maximum Gasteiger partial charge on any atom is 0.273 e. The summed E-state index contributed by atoms with van der Waals surface area (Å²) >= 11 is 6.04. The number of carbonyl (C=O) groups is 1. The minimum absolute atomic E-state index is 0.0308. The normalized spacial score (nSPS) is 15.8. The molecule has 1 aromatic carbocycles. The zero-order valence-electron chi connectivity index (χ0n) is 12.9. The number of benzene rings is 1. The van der Waals surface area contributed by atoms with Crippen LogP contribution < -0.4 is 5.56 Å². The lowest BCUT2D eigenvalue weighted by atomic mass is 9.75. The molecule has 0 bridgehead atoms. The molecular weight excluding hydrogens is 312 g/mol. The first-order valence-corrected chi connectivity index (χ1v) is 7.68. The third-order valence-corrected chi connectivity index (χ3v) is 4.31. The van der Waals surface area contributed by atoms with Gasteiger partial charge in [0.2, 0.25) is 0 Å². The van der Waals surface area contributed by atoms with Gasteiger partial charge in [0.15, 0.2) is 5.78 Å². The Hall–Kier alpha value is -2.38. The summed E-state index contributed by atoms with van der Waals surface area (Å²) in [6, 6.07) is 10.2. The van der Waals surface area contributed by atoms with Gasteiger partial charge in [-0.05, 0) is 36.1 Å². The van der Waals surface area contributed by atoms with E-state index < -0.39 is 5.56 Å². The highest BCUT2D eigenvalue weighted by Crippen LogP contribution is 2.35. The van der Waals surface area contributed by atoms with Crippen molar-refractivity contribution in [2.45, 2.75) is 26.7 Å². The second kappa shape index (κ2) is 5.36. The van der Waals surface area contributed by atoms with Crippen molar-refractivity contribution in [2.75, 3.05) is 0 Å². The molecule has 4 nitrogen and oxygen atoms in total. The molecule has 3 rings (SSSR count). The van der Waals surface area contributed by atoms with E-state index in [1.807, 2.05) is 19.9 Å². The fourth-order valence-corrected chi connectivity index (χ4v) is 3.27. The maximum atomic E-state index is 12.7. The summed E-state index contributed by atoms with van der Waals surface area (Å²) in [5.74, 6) is -0.0384. The van der Waals surface area contributed by atoms with Crippen LogP contribution in [0.3, 0.4) is 0 Å². The summed E-state index contributed by atoms with van der Waals surface area (Å²) < 4.78 is 1.46. The minimum Gasteiger partial charge on any atom is -0.294 e. The van der Waals surface area contributed by atoms with Crippen LogP contribution in [0.5, 0.6) is 0 Å². The number of aromatic nitrogens is 1. The molecule has 0 radical (unpaired) electrons. The largest absolute Gasteiger partial charge is 0.294 e. The lowest BCUT2D eigenvalue weighted by Gasteiger charge is -2.32. The number of hydrogen-bond donors (Lipinski definition) is 0. The molecule has 1 aromatic heterocycles. The number of ketones is 1. The number of Topliss-reactive ketones (excluding diaryl/α,β-unsaturated/α-hetero) is 1. The molecule has 116 valence electrons. The van der Waals surface area contributed by atoms with Gasteiger partial charge in [-0.15, -0.1) is 0 Å². The Balaban J connectivity index is 2.39. The molecule has 0 atom stereocenters. The van der Waals surface area contributed by atoms with Crippen molar-refractivity contribution < 1.29 is 4.79 Å². The Morgan fingerprint density at radius 2 is 1.96 bits per heavy atom. The van der Waals surface area contributed by atoms with E-state index in [0.29, 0.717) is 34.8 Å². The van der Waals surface area contributed by atoms with Crippen LogP contribution >= 0.6 is 11.6 Å². The summed E-state index contributed by atoms with van der Waals surface area (Å²) in [5.41, 5.74) is 1.00. The first-order valence-electron chi connectivity index (χ1n) is 7.30. The van der Waals surface area contributed by atoms with Gasteiger partial charge in [0.1, 0.15) is 11.6 Å². The van der Waals surface area contributed by atoms with Gasteiger partial charge < -0.3 is 0 Å². The Kier molecular flexibility index (Phi) is 3.62. The highest BCUT2D eigenvalue weighted by molar-refractivity contribution is 6.30. The van der Waals surface area contributed by atoms with Gasteiger partial charge in [-0.3, -0.25) is 14.2 Å². The average molecular weight is 327 g/mol. The number of hydrogen-bond acceptors (Lipinski definition) is 3. The Morgan fingerprint density at radius 1 is 1.22 bits per heavy atom. The van der Waals surface area contributed by atoms with Gasteiger partial charge in [0.05, 0.1) is 5.69 Å². The zero-order valence-corrected chi connectivity index (χ0v) is 13.6. The topological polar surface area (TPSA) is 62.9 Å². The summed E-state index contributed by atoms with van der Waals surface area (Å²) in [6.07, 6.45) is 0.986. The van der Waals surface area contributed by atoms with Gasteiger partial charge in [0.25, 0.3) is 5.56 Å². The molecule has 0 aliphatic heterocycles. The molecule has 0 unspecified atom stereocenters. The van der Waals surface area contributed by atoms with Crippen molar-refractivity contribution in [1.82, 2.24) is 4.57 Å². The van der Waals surface area contributed by atoms with Gasteiger partial charge in [-0.1, -0.05) is 31.5 Å². The van der Waals surface area contributed by atoms with E-state index in [4.69, 9.17) is 11.6 Å². The molecule has 5 heteroatoms. The second-order valence-corrected chi connectivity index (χ2v) is 7.03. The van der Waals surface area contributed by atoms with Gasteiger partial charge in [-0.2, -0.15) is 5.26 Å². The molecule has 0 spiro atoms. The van der Waals surface area contributed by atoms with Crippen LogP contribution in [0.2, 0.25) is 5.02 Å². The monoisotopic (exact) mass is 326 g/mol. The highest BCUT2D eigenvalue weighted by Gasteiger charge is 2.34. The lowest BCUT2D eigenvalue weighted by Crippen LogP contribution is -2.35. The van der Waals surface area contributed by atoms with Crippen LogP contribution in [0.25, 0.3) is 5.69 Å². The van der Waals surface area contributed by atoms with E-state index in [0.717, 1.165) is 0 Å². The number of rotatable bonds is 1. The smallest absolute Gasteiger partial charge is 0.273 e. The first-order chi connectivity index (χ1) is 10.8. The first kappa shape index (κ1) is 15.5. The number of pyridine rings is 1. The zero-order chi connectivity index (χ0) is 16.8. The van der Waals surface area contributed by atoms with Crippen LogP contribution in [0, 0.1) is 16.7 Å². The third kappa shape index (κ3) is 2.69. The summed E-state index contributed by atoms with van der Waals surface area (Å²) in [7, 11) is 0. The molecule has 0 fully saturated rings. The van der Waals surface area contributed by atoms with Crippen molar-refractivity contribution in [3.05, 3.63) is 62.5 Å². The third-order valence-electron chi connectivity index (χ3n) is 4.08. The van der Waals surface area contributed by atoms with E-state index in [9.17, 15) is 14.9 Å². The van der Waals surface area contributed by atoms with E-state index in [1.165, 1.54) is 10.6 Å². The fraction of sp³-hybridized carbons (Fsp3) is 0.278. The number of carbonyl (C=O) groups excluding carboxylic acids is 1. The number of nitrogens with zero attached hydrogens (tertiary/aromatic N) is 2. The lowest BCUT2D eigenvalue weighted by molar-refractivity contribution is 0.0909. The van der Waals surface area contributed by atoms with Crippen LogP contribution in [-0.2, 0) is 6.42 Å². The van der Waals surface area contributed by atoms with E-state index in [1.54, 1.807) is 24.3 Å². The maximum absolute atomic E-state index is 12.7. The predicted octanol–water partition coefficient (Wildman–Crippen LogP) is 3.52. The van der Waals surface area contributed by atoms with Crippen molar-refractivity contribution >= 4 is 17.4 Å². The van der Waals surface area contributed by atoms with Crippen molar-refractivity contribution in [3.8, 4) is 11.8 Å². The van der Waals surface area contributed by atoms with Gasteiger partial charge in [-0.25, -0.2) is 0 Å². The highest BCUT2D eigenvalue weighted by atomic mass is 35.5. The summed E-state index contributed by atoms with van der Waals surface area (Å²) in [6.45, 7) is 4.00. The molecular formula is C18H15ClN2O2. The molecule has 2 aromatic rings. The number of halogens is 1. The molecule has 1 aliphatic carbocycles. The molecule has 1 aliphatic rings. The molecule has 23 heavy (non-hydrogen) atoms. The SMILES string of the molecule is CC1(C)CC(=O)c2cc(C#N)c(=O)n(-c3cccc(Cl)c3)c2C1. The summed E-state index contributed by atoms with van der Waals surface area (Å²) in [4.78, 5) is 25.2. The van der Waals surface area contributed by atoms with Crippen molar-refractivity contribution in [2.24, 2.45) is 5.41 Å². The van der Waals surface area contributed by atoms with Crippen molar-refractivity contribution in [1.29, 1.82) is 5.26 Å². The molecule has 1 heterocycles. The molecule has 0 amide bonds. The Morgan fingerprint density at radius 3 is 2.61 bits per heavy atom. The molecule has 0 saturated heterocycles. The van der Waals surface area contributed by atoms with E-state index in [2.05, 4.69) is 0 Å². The number of fused-ring (bicyclic) bond motifs is 1. The van der Waals surface area contributed by atoms with E-state index in [-0.39, 0.29) is 16.8 Å². The average Bonchev–Trinajstić information content (AvgIpc) is 2.45. The minimum atomic E-state index is -0.418. The van der Waals surface area contributed by atoms with Crippen LogP contribution in [0.1, 0.15) is 41.9 Å². The van der Waals surface area contributed by atoms with Crippen LogP contribution in [0.15, 0.2) is 35.1 Å². The summed E-state index contributed by atoms with van der Waals surface area (Å²) in [5, 5.41) is 9.73. The second-order valence-electron chi connectivity index (χ2n) is 6.59. The van der Waals surface area contributed by atoms with Gasteiger partial charge in [0, 0.05) is 22.7 Å². The molecule has 0 N–H and O–H groups in total. The fourth-order valence-electron chi connectivity index (χ4n) is 3.08. The standard InChI is InChI=1S/C18H15ClN2O2/c1-18(2)8-15-14(16(22)9-18)6-11(10-20)17(23)21(15)13-5-3-4-12(19)7-13/h3-7H,8-9H2,1-2H3. The quantitative estimate of drug-likeness (QED) is 0.805. The van der Waals surface area contributed by atoms with Crippen LogP contribution in [-0.4, -0.2) is 10.4 Å². The molecule has 0 saturated carbocycles. The number of nitriles is 1. The predicted molar refractivity (Wildman–Crippen MR) is 88.2 cm³/mol. The Bertz CT molecular complexity index is 920. The van der Waals surface area contributed by atoms with Crippen LogP contribution in [0.4, 0.5) is 0 Å². The van der Waals surface area contributed by atoms with E-state index >= 15 is 0 Å².